The molecule has 0 bridgehead atoms. The number of ketones is 1. The van der Waals surface area contributed by atoms with Gasteiger partial charge < -0.3 is 9.47 Å². The number of esters is 1. The Labute approximate surface area is 182 Å². The summed E-state index contributed by atoms with van der Waals surface area (Å²) in [5.41, 5.74) is 5.36. The molecule has 4 rings (SSSR count). The average Bonchev–Trinajstić information content (AvgIpc) is 2.79. The number of Topliss-reactive ketones (excluding diaryl/α,β-unsaturated/α-hetero) is 1. The van der Waals surface area contributed by atoms with Crippen LogP contribution in [0.4, 0.5) is 0 Å². The Morgan fingerprint density at radius 2 is 1.71 bits per heavy atom. The number of hydrogen-bond donors (Lipinski definition) is 0. The van der Waals surface area contributed by atoms with Gasteiger partial charge >= 0.3 is 5.97 Å². The summed E-state index contributed by atoms with van der Waals surface area (Å²) >= 11 is 0. The van der Waals surface area contributed by atoms with Gasteiger partial charge in [0.05, 0.1) is 6.61 Å². The fourth-order valence-corrected chi connectivity index (χ4v) is 4.50. The zero-order chi connectivity index (χ0) is 21.8. The highest BCUT2D eigenvalue weighted by Crippen LogP contribution is 2.43. The van der Waals surface area contributed by atoms with Crippen LogP contribution >= 0.6 is 0 Å². The topological polar surface area (TPSA) is 65.0 Å². The monoisotopic (exact) mass is 417 g/mol. The van der Waals surface area contributed by atoms with E-state index in [-0.39, 0.29) is 24.3 Å². The molecule has 0 spiro atoms. The van der Waals surface area contributed by atoms with Gasteiger partial charge in [-0.25, -0.2) is 0 Å². The molecule has 2 atom stereocenters. The number of hydrogen-bond acceptors (Lipinski definition) is 5. The minimum absolute atomic E-state index is 0.0873. The number of rotatable bonds is 6. The number of allylic oxidation sites excluding steroid dienone is 2. The molecule has 2 aliphatic rings. The van der Waals surface area contributed by atoms with E-state index in [9.17, 15) is 9.59 Å². The predicted octanol–water partition coefficient (Wildman–Crippen LogP) is 4.72. The van der Waals surface area contributed by atoms with Crippen molar-refractivity contribution in [3.05, 3.63) is 71.4 Å². The lowest BCUT2D eigenvalue weighted by Gasteiger charge is -2.34. The summed E-state index contributed by atoms with van der Waals surface area (Å²) in [6.07, 6.45) is 2.07. The Bertz CT molecular complexity index is 1020. The molecule has 160 valence electrons. The normalized spacial score (nSPS) is 20.8. The smallest absolute Gasteiger partial charge is 0.315 e. The van der Waals surface area contributed by atoms with Crippen molar-refractivity contribution in [3.8, 4) is 11.1 Å². The zero-order valence-corrected chi connectivity index (χ0v) is 18.0. The van der Waals surface area contributed by atoms with Crippen LogP contribution in [0, 0.1) is 5.92 Å². The van der Waals surface area contributed by atoms with E-state index in [1.807, 2.05) is 49.4 Å². The predicted molar refractivity (Wildman–Crippen MR) is 120 cm³/mol. The summed E-state index contributed by atoms with van der Waals surface area (Å²) in [5, 5.41) is 0. The Morgan fingerprint density at radius 3 is 2.42 bits per heavy atom. The van der Waals surface area contributed by atoms with Gasteiger partial charge in [-0.3, -0.25) is 14.6 Å². The Balaban J connectivity index is 1.72. The summed E-state index contributed by atoms with van der Waals surface area (Å²) in [5.74, 6) is -1.26. The van der Waals surface area contributed by atoms with Crippen molar-refractivity contribution in [1.29, 1.82) is 0 Å². The maximum Gasteiger partial charge on any atom is 0.315 e. The molecule has 1 aliphatic heterocycles. The fourth-order valence-electron chi connectivity index (χ4n) is 4.50. The highest BCUT2D eigenvalue weighted by Gasteiger charge is 2.43. The van der Waals surface area contributed by atoms with Crippen molar-refractivity contribution < 1.29 is 19.1 Å². The first-order chi connectivity index (χ1) is 15.1. The molecule has 0 N–H and O–H groups in total. The molecule has 1 unspecified atom stereocenters. The van der Waals surface area contributed by atoms with Gasteiger partial charge in [-0.2, -0.15) is 0 Å². The van der Waals surface area contributed by atoms with Gasteiger partial charge in [0.1, 0.15) is 12.5 Å². The summed E-state index contributed by atoms with van der Waals surface area (Å²) in [4.78, 5) is 30.7. The maximum absolute atomic E-state index is 13.0. The quantitative estimate of drug-likeness (QED) is 0.504. The third-order valence-electron chi connectivity index (χ3n) is 6.00. The molecule has 0 amide bonds. The Hall–Kier alpha value is -3.05. The van der Waals surface area contributed by atoms with Gasteiger partial charge in [0.15, 0.2) is 5.78 Å². The van der Waals surface area contributed by atoms with Crippen LogP contribution < -0.4 is 0 Å². The number of carbonyl (C=O) groups excluding carboxylic acids is 2. The first kappa shape index (κ1) is 21.2. The van der Waals surface area contributed by atoms with E-state index >= 15 is 0 Å². The van der Waals surface area contributed by atoms with Crippen LogP contribution in [-0.4, -0.2) is 37.8 Å². The number of methoxy groups -OCH3 is 1. The van der Waals surface area contributed by atoms with Gasteiger partial charge in [0.2, 0.25) is 0 Å². The van der Waals surface area contributed by atoms with Crippen molar-refractivity contribution in [3.63, 3.8) is 0 Å². The lowest BCUT2D eigenvalue weighted by Crippen LogP contribution is -2.37. The van der Waals surface area contributed by atoms with Crippen molar-refractivity contribution in [2.75, 3.05) is 20.3 Å². The molecular weight excluding hydrogens is 390 g/mol. The van der Waals surface area contributed by atoms with E-state index in [1.165, 1.54) is 0 Å². The second kappa shape index (κ2) is 9.40. The summed E-state index contributed by atoms with van der Waals surface area (Å²) in [6, 6.07) is 18.3. The number of ether oxygens (including phenoxy) is 2. The maximum atomic E-state index is 13.0. The van der Waals surface area contributed by atoms with E-state index in [0.29, 0.717) is 24.3 Å². The van der Waals surface area contributed by atoms with Crippen LogP contribution in [-0.2, 0) is 19.1 Å². The molecule has 0 saturated carbocycles. The van der Waals surface area contributed by atoms with Crippen LogP contribution in [0.3, 0.4) is 0 Å². The molecule has 1 aliphatic carbocycles. The number of carbonyl (C=O) groups is 2. The van der Waals surface area contributed by atoms with Crippen LogP contribution in [0.25, 0.3) is 11.1 Å². The van der Waals surface area contributed by atoms with Gasteiger partial charge in [-0.15, -0.1) is 0 Å². The van der Waals surface area contributed by atoms with E-state index < -0.39 is 5.92 Å². The molecule has 31 heavy (non-hydrogen) atoms. The molecule has 2 aromatic rings. The van der Waals surface area contributed by atoms with Gasteiger partial charge in [0, 0.05) is 36.4 Å². The number of benzene rings is 2. The van der Waals surface area contributed by atoms with Crippen molar-refractivity contribution >= 4 is 17.5 Å². The van der Waals surface area contributed by atoms with Crippen LogP contribution in [0.15, 0.2) is 70.9 Å². The van der Waals surface area contributed by atoms with Crippen molar-refractivity contribution in [1.82, 2.24) is 0 Å². The number of aliphatic imine (C=N–C) groups is 1. The first-order valence-electron chi connectivity index (χ1n) is 10.7. The molecule has 5 heteroatoms. The molecule has 0 radical (unpaired) electrons. The Kier molecular flexibility index (Phi) is 6.42. The first-order valence-corrected chi connectivity index (χ1v) is 10.7. The SMILES string of the molecule is COCCOC(=O)C1C(C)=NC2=C(C(=O)CCC2)[C@H]1c1ccc(-c2ccccc2)cc1. The van der Waals surface area contributed by atoms with Crippen molar-refractivity contribution in [2.24, 2.45) is 10.9 Å². The van der Waals surface area contributed by atoms with E-state index in [1.54, 1.807) is 7.11 Å². The fraction of sp³-hybridized carbons (Fsp3) is 0.346. The highest BCUT2D eigenvalue weighted by molar-refractivity contribution is 6.08. The molecular formula is C26H27NO4. The molecule has 1 heterocycles. The van der Waals surface area contributed by atoms with Crippen molar-refractivity contribution in [2.45, 2.75) is 32.1 Å². The zero-order valence-electron chi connectivity index (χ0n) is 18.0. The third kappa shape index (κ3) is 4.37. The lowest BCUT2D eigenvalue weighted by atomic mass is 9.71. The minimum atomic E-state index is -0.611. The second-order valence-electron chi connectivity index (χ2n) is 7.99. The summed E-state index contributed by atoms with van der Waals surface area (Å²) in [6.45, 7) is 2.37. The number of nitrogens with zero attached hydrogens (tertiary/aromatic N) is 1. The average molecular weight is 418 g/mol. The van der Waals surface area contributed by atoms with E-state index in [4.69, 9.17) is 9.47 Å². The van der Waals surface area contributed by atoms with Gasteiger partial charge in [-0.05, 0) is 36.5 Å². The molecule has 0 aromatic heterocycles. The van der Waals surface area contributed by atoms with Crippen LogP contribution in [0.5, 0.6) is 0 Å². The van der Waals surface area contributed by atoms with Gasteiger partial charge in [-0.1, -0.05) is 54.6 Å². The molecule has 5 nitrogen and oxygen atoms in total. The molecule has 0 fully saturated rings. The molecule has 0 saturated heterocycles. The Morgan fingerprint density at radius 1 is 1.00 bits per heavy atom. The standard InChI is InChI=1S/C26H27NO4/c1-17-23(26(29)31-16-15-30-2)24(25-21(27-17)9-6-10-22(25)28)20-13-11-19(12-14-20)18-7-4-3-5-8-18/h3-5,7-8,11-14,23-24H,6,9-10,15-16H2,1-2H3/t23?,24-/m0/s1. The largest absolute Gasteiger partial charge is 0.463 e. The second-order valence-corrected chi connectivity index (χ2v) is 7.99. The summed E-state index contributed by atoms with van der Waals surface area (Å²) in [7, 11) is 1.57. The summed E-state index contributed by atoms with van der Waals surface area (Å²) < 4.78 is 10.5. The van der Waals surface area contributed by atoms with Gasteiger partial charge in [0.25, 0.3) is 0 Å². The van der Waals surface area contributed by atoms with E-state index in [2.05, 4.69) is 17.1 Å². The highest BCUT2D eigenvalue weighted by atomic mass is 16.6. The minimum Gasteiger partial charge on any atom is -0.463 e. The van der Waals surface area contributed by atoms with Crippen LogP contribution in [0.1, 0.15) is 37.7 Å². The molecule has 2 aromatic carbocycles. The van der Waals surface area contributed by atoms with Crippen LogP contribution in [0.2, 0.25) is 0 Å². The third-order valence-corrected chi connectivity index (χ3v) is 6.00. The van der Waals surface area contributed by atoms with E-state index in [0.717, 1.165) is 35.2 Å². The lowest BCUT2D eigenvalue weighted by molar-refractivity contribution is -0.147.